The highest BCUT2D eigenvalue weighted by atomic mass is 28.3. The Morgan fingerprint density at radius 1 is 0.700 bits per heavy atom. The molecule has 3 aromatic carbocycles. The summed E-state index contributed by atoms with van der Waals surface area (Å²) in [5.41, 5.74) is 7.67. The van der Waals surface area contributed by atoms with Crippen molar-refractivity contribution in [2.75, 3.05) is 0 Å². The molecule has 0 aliphatic carbocycles. The molecule has 3 rings (SSSR count). The summed E-state index contributed by atoms with van der Waals surface area (Å²) in [6.07, 6.45) is 0. The SMILES string of the molecule is C[C@@H](c1ccccc1)[C@@H](C#C[Si](C)(C)C)N(Cc1ccccc1)Cc1ccccc1. The van der Waals surface area contributed by atoms with Gasteiger partial charge in [-0.2, -0.15) is 0 Å². The molecule has 154 valence electrons. The van der Waals surface area contributed by atoms with Gasteiger partial charge in [-0.1, -0.05) is 123 Å². The molecule has 0 N–H and O–H groups in total. The summed E-state index contributed by atoms with van der Waals surface area (Å²) in [4.78, 5) is 2.55. The fourth-order valence-corrected chi connectivity index (χ4v) is 4.23. The van der Waals surface area contributed by atoms with E-state index in [2.05, 4.69) is 134 Å². The first-order chi connectivity index (χ1) is 14.4. The Labute approximate surface area is 183 Å². The van der Waals surface area contributed by atoms with Gasteiger partial charge in [-0.25, -0.2) is 0 Å². The first-order valence-electron chi connectivity index (χ1n) is 10.8. The van der Waals surface area contributed by atoms with Gasteiger partial charge in [0.25, 0.3) is 0 Å². The van der Waals surface area contributed by atoms with Crippen molar-refractivity contribution < 1.29 is 0 Å². The van der Waals surface area contributed by atoms with E-state index < -0.39 is 8.07 Å². The molecule has 0 heterocycles. The van der Waals surface area contributed by atoms with Crippen LogP contribution in [0, 0.1) is 11.5 Å². The normalized spacial score (nSPS) is 13.4. The Bertz CT molecular complexity index is 908. The number of benzene rings is 3. The summed E-state index contributed by atoms with van der Waals surface area (Å²) >= 11 is 0. The molecule has 0 aromatic heterocycles. The lowest BCUT2D eigenvalue weighted by molar-refractivity contribution is 0.197. The van der Waals surface area contributed by atoms with Crippen molar-refractivity contribution in [1.82, 2.24) is 4.90 Å². The second-order valence-electron chi connectivity index (χ2n) is 9.04. The topological polar surface area (TPSA) is 3.24 Å². The van der Waals surface area contributed by atoms with Gasteiger partial charge in [-0.15, -0.1) is 5.54 Å². The molecular formula is C28H33NSi. The first kappa shape index (κ1) is 22.1. The van der Waals surface area contributed by atoms with E-state index in [1.807, 2.05) is 0 Å². The minimum atomic E-state index is -1.48. The maximum absolute atomic E-state index is 3.74. The quantitative estimate of drug-likeness (QED) is 0.307. The van der Waals surface area contributed by atoms with Gasteiger partial charge in [0.2, 0.25) is 0 Å². The summed E-state index contributed by atoms with van der Waals surface area (Å²) < 4.78 is 0. The molecule has 0 bridgehead atoms. The van der Waals surface area contributed by atoms with E-state index in [9.17, 15) is 0 Å². The van der Waals surface area contributed by atoms with Crippen LogP contribution in [-0.4, -0.2) is 19.0 Å². The lowest BCUT2D eigenvalue weighted by atomic mass is 9.92. The molecule has 2 heteroatoms. The van der Waals surface area contributed by atoms with Crippen molar-refractivity contribution in [3.8, 4) is 11.5 Å². The average Bonchev–Trinajstić information content (AvgIpc) is 2.75. The second-order valence-corrected chi connectivity index (χ2v) is 13.8. The van der Waals surface area contributed by atoms with Crippen molar-refractivity contribution in [1.29, 1.82) is 0 Å². The van der Waals surface area contributed by atoms with Crippen LogP contribution in [0.3, 0.4) is 0 Å². The Balaban J connectivity index is 2.00. The smallest absolute Gasteiger partial charge is 0.129 e. The van der Waals surface area contributed by atoms with E-state index in [0.717, 1.165) is 13.1 Å². The van der Waals surface area contributed by atoms with Crippen LogP contribution in [0.15, 0.2) is 91.0 Å². The van der Waals surface area contributed by atoms with E-state index in [4.69, 9.17) is 0 Å². The van der Waals surface area contributed by atoms with Gasteiger partial charge in [0, 0.05) is 19.0 Å². The van der Waals surface area contributed by atoms with Crippen LogP contribution in [0.5, 0.6) is 0 Å². The lowest BCUT2D eigenvalue weighted by Crippen LogP contribution is -2.37. The lowest BCUT2D eigenvalue weighted by Gasteiger charge is -2.33. The molecule has 0 amide bonds. The van der Waals surface area contributed by atoms with Crippen LogP contribution < -0.4 is 0 Å². The number of rotatable bonds is 7. The molecule has 0 aliphatic heterocycles. The maximum Gasteiger partial charge on any atom is 0.129 e. The van der Waals surface area contributed by atoms with Crippen molar-refractivity contribution in [3.63, 3.8) is 0 Å². The molecule has 0 saturated carbocycles. The summed E-state index contributed by atoms with van der Waals surface area (Å²) in [6.45, 7) is 11.1. The molecule has 0 radical (unpaired) electrons. The van der Waals surface area contributed by atoms with Gasteiger partial charge < -0.3 is 0 Å². The van der Waals surface area contributed by atoms with Crippen molar-refractivity contribution in [2.24, 2.45) is 0 Å². The maximum atomic E-state index is 3.74. The van der Waals surface area contributed by atoms with E-state index in [1.165, 1.54) is 16.7 Å². The third kappa shape index (κ3) is 6.73. The van der Waals surface area contributed by atoms with Gasteiger partial charge >= 0.3 is 0 Å². The molecule has 30 heavy (non-hydrogen) atoms. The molecule has 0 unspecified atom stereocenters. The van der Waals surface area contributed by atoms with Crippen molar-refractivity contribution in [2.45, 2.75) is 51.6 Å². The van der Waals surface area contributed by atoms with Gasteiger partial charge in [0.05, 0.1) is 6.04 Å². The van der Waals surface area contributed by atoms with Crippen molar-refractivity contribution >= 4 is 8.07 Å². The molecule has 0 saturated heterocycles. The minimum absolute atomic E-state index is 0.152. The predicted octanol–water partition coefficient (Wildman–Crippen LogP) is 6.74. The van der Waals surface area contributed by atoms with E-state index in [-0.39, 0.29) is 6.04 Å². The molecule has 2 atom stereocenters. The first-order valence-corrected chi connectivity index (χ1v) is 14.3. The Hall–Kier alpha value is -2.60. The Morgan fingerprint density at radius 3 is 1.57 bits per heavy atom. The minimum Gasteiger partial charge on any atom is -0.281 e. The average molecular weight is 412 g/mol. The Morgan fingerprint density at radius 2 is 1.13 bits per heavy atom. The highest BCUT2D eigenvalue weighted by Gasteiger charge is 2.25. The monoisotopic (exact) mass is 411 g/mol. The molecule has 3 aromatic rings. The molecule has 0 spiro atoms. The van der Waals surface area contributed by atoms with E-state index >= 15 is 0 Å². The number of hydrogen-bond acceptors (Lipinski definition) is 1. The number of hydrogen-bond donors (Lipinski definition) is 0. The van der Waals surface area contributed by atoms with Crippen LogP contribution in [0.25, 0.3) is 0 Å². The highest BCUT2D eigenvalue weighted by molar-refractivity contribution is 6.83. The molecule has 0 fully saturated rings. The third-order valence-electron chi connectivity index (χ3n) is 5.24. The zero-order valence-corrected chi connectivity index (χ0v) is 19.7. The standard InChI is InChI=1S/C28H33NSi/c1-24(27-18-12-7-13-19-27)28(20-21-30(2,3)4)29(22-25-14-8-5-9-15-25)23-26-16-10-6-11-17-26/h5-19,24,28H,22-23H2,1-4H3/t24-,28+/m0/s1. The van der Waals surface area contributed by atoms with Crippen LogP contribution in [0.4, 0.5) is 0 Å². The van der Waals surface area contributed by atoms with Crippen LogP contribution >= 0.6 is 0 Å². The zero-order valence-electron chi connectivity index (χ0n) is 18.7. The summed E-state index contributed by atoms with van der Waals surface area (Å²) in [6, 6.07) is 32.5. The van der Waals surface area contributed by atoms with Gasteiger partial charge in [0.15, 0.2) is 0 Å². The van der Waals surface area contributed by atoms with Gasteiger partial charge in [-0.05, 0) is 16.7 Å². The second kappa shape index (κ2) is 10.4. The van der Waals surface area contributed by atoms with Crippen molar-refractivity contribution in [3.05, 3.63) is 108 Å². The van der Waals surface area contributed by atoms with Crippen LogP contribution in [0.1, 0.15) is 29.5 Å². The summed E-state index contributed by atoms with van der Waals surface area (Å²) in [5.74, 6) is 4.06. The van der Waals surface area contributed by atoms with Gasteiger partial charge in [0.1, 0.15) is 8.07 Å². The summed E-state index contributed by atoms with van der Waals surface area (Å²) in [7, 11) is -1.48. The summed E-state index contributed by atoms with van der Waals surface area (Å²) in [5, 5.41) is 0. The zero-order chi connectivity index (χ0) is 21.4. The van der Waals surface area contributed by atoms with E-state index in [0.29, 0.717) is 5.92 Å². The molecule has 0 aliphatic rings. The van der Waals surface area contributed by atoms with E-state index in [1.54, 1.807) is 0 Å². The van der Waals surface area contributed by atoms with Crippen LogP contribution in [0.2, 0.25) is 19.6 Å². The fraction of sp³-hybridized carbons (Fsp3) is 0.286. The fourth-order valence-electron chi connectivity index (χ4n) is 3.65. The third-order valence-corrected chi connectivity index (χ3v) is 6.14. The Kier molecular flexibility index (Phi) is 7.68. The highest BCUT2D eigenvalue weighted by Crippen LogP contribution is 2.26. The molecule has 1 nitrogen and oxygen atoms in total. The predicted molar refractivity (Wildman–Crippen MR) is 132 cm³/mol. The van der Waals surface area contributed by atoms with Gasteiger partial charge in [-0.3, -0.25) is 4.90 Å². The molecular weight excluding hydrogens is 378 g/mol. The largest absolute Gasteiger partial charge is 0.281 e. The van der Waals surface area contributed by atoms with Crippen LogP contribution in [-0.2, 0) is 13.1 Å². The number of nitrogens with zero attached hydrogens (tertiary/aromatic N) is 1.